The summed E-state index contributed by atoms with van der Waals surface area (Å²) in [6.45, 7) is 2.83. The van der Waals surface area contributed by atoms with Gasteiger partial charge in [0.25, 0.3) is 0 Å². The number of carbonyl (C=O) groups is 3. The average Bonchev–Trinajstić information content (AvgIpc) is 2.51. The number of aliphatic carboxylic acids is 1. The van der Waals surface area contributed by atoms with Gasteiger partial charge in [0, 0.05) is 6.92 Å². The Morgan fingerprint density at radius 1 is 1.17 bits per heavy atom. The van der Waals surface area contributed by atoms with Gasteiger partial charge >= 0.3 is 11.9 Å². The molecule has 6 heteroatoms. The molecule has 1 atom stereocenters. The molecule has 0 aliphatic carbocycles. The Bertz CT molecular complexity index is 543. The van der Waals surface area contributed by atoms with Crippen LogP contribution in [0.4, 0.5) is 0 Å². The number of rotatable bonds is 9. The summed E-state index contributed by atoms with van der Waals surface area (Å²) in [6.07, 6.45) is 1.95. The highest BCUT2D eigenvalue weighted by Gasteiger charge is 2.48. The van der Waals surface area contributed by atoms with Gasteiger partial charge in [0.2, 0.25) is 11.4 Å². The van der Waals surface area contributed by atoms with Gasteiger partial charge < -0.3 is 15.2 Å². The molecule has 0 spiro atoms. The molecule has 0 aromatic heterocycles. The summed E-state index contributed by atoms with van der Waals surface area (Å²) in [4.78, 5) is 35.1. The predicted molar refractivity (Wildman–Crippen MR) is 84.8 cm³/mol. The standard InChI is InChI=1S/C17H23NO5/c1-3-23-16(22)17(15(20)21,18-13(2)19)12-8-7-11-14-9-5-4-6-10-14/h4-6,9-10H,3,7-8,11-12H2,1-2H3,(H,18,19)(H,20,21). The Morgan fingerprint density at radius 2 is 1.83 bits per heavy atom. The lowest BCUT2D eigenvalue weighted by molar-refractivity contribution is -0.165. The fraction of sp³-hybridized carbons (Fsp3) is 0.471. The van der Waals surface area contributed by atoms with Gasteiger partial charge in [0.05, 0.1) is 6.61 Å². The van der Waals surface area contributed by atoms with Crippen LogP contribution in [0.3, 0.4) is 0 Å². The molecular weight excluding hydrogens is 298 g/mol. The van der Waals surface area contributed by atoms with Gasteiger partial charge in [-0.2, -0.15) is 0 Å². The van der Waals surface area contributed by atoms with Crippen molar-refractivity contribution in [3.63, 3.8) is 0 Å². The van der Waals surface area contributed by atoms with E-state index in [1.165, 1.54) is 6.92 Å². The average molecular weight is 321 g/mol. The van der Waals surface area contributed by atoms with Crippen LogP contribution in [0.2, 0.25) is 0 Å². The number of ether oxygens (including phenoxy) is 1. The van der Waals surface area contributed by atoms with Crippen LogP contribution in [-0.2, 0) is 25.5 Å². The van der Waals surface area contributed by atoms with Gasteiger partial charge in [-0.3, -0.25) is 4.79 Å². The Kier molecular flexibility index (Phi) is 7.25. The van der Waals surface area contributed by atoms with Gasteiger partial charge in [0.15, 0.2) is 0 Å². The Hall–Kier alpha value is -2.37. The topological polar surface area (TPSA) is 92.7 Å². The van der Waals surface area contributed by atoms with Crippen molar-refractivity contribution in [2.75, 3.05) is 6.61 Å². The Balaban J connectivity index is 2.73. The van der Waals surface area contributed by atoms with E-state index in [1.54, 1.807) is 6.92 Å². The molecule has 0 heterocycles. The molecule has 0 bridgehead atoms. The van der Waals surface area contributed by atoms with E-state index in [4.69, 9.17) is 4.74 Å². The molecule has 1 unspecified atom stereocenters. The molecule has 1 amide bonds. The van der Waals surface area contributed by atoms with Crippen LogP contribution < -0.4 is 5.32 Å². The van der Waals surface area contributed by atoms with Crippen LogP contribution in [0, 0.1) is 0 Å². The van der Waals surface area contributed by atoms with E-state index in [2.05, 4.69) is 5.32 Å². The van der Waals surface area contributed by atoms with Crippen molar-refractivity contribution >= 4 is 17.8 Å². The zero-order chi connectivity index (χ0) is 17.3. The number of benzene rings is 1. The second kappa shape index (κ2) is 8.92. The van der Waals surface area contributed by atoms with Crippen molar-refractivity contribution in [3.05, 3.63) is 35.9 Å². The van der Waals surface area contributed by atoms with E-state index in [0.29, 0.717) is 12.8 Å². The van der Waals surface area contributed by atoms with Crippen molar-refractivity contribution in [2.45, 2.75) is 45.1 Å². The molecule has 0 saturated heterocycles. The van der Waals surface area contributed by atoms with E-state index < -0.39 is 23.4 Å². The highest BCUT2D eigenvalue weighted by molar-refractivity contribution is 6.06. The lowest BCUT2D eigenvalue weighted by atomic mass is 9.91. The van der Waals surface area contributed by atoms with Crippen LogP contribution in [0.1, 0.15) is 38.7 Å². The van der Waals surface area contributed by atoms with E-state index in [-0.39, 0.29) is 13.0 Å². The van der Waals surface area contributed by atoms with Gasteiger partial charge in [-0.15, -0.1) is 0 Å². The van der Waals surface area contributed by atoms with Crippen LogP contribution in [0.25, 0.3) is 0 Å². The molecule has 23 heavy (non-hydrogen) atoms. The van der Waals surface area contributed by atoms with Crippen LogP contribution in [0.5, 0.6) is 0 Å². The third-order valence-electron chi connectivity index (χ3n) is 3.49. The first kappa shape index (κ1) is 18.7. The minimum atomic E-state index is -2.02. The Morgan fingerprint density at radius 3 is 2.35 bits per heavy atom. The first-order valence-electron chi connectivity index (χ1n) is 7.65. The van der Waals surface area contributed by atoms with Crippen LogP contribution in [-0.4, -0.2) is 35.1 Å². The molecule has 0 fully saturated rings. The minimum absolute atomic E-state index is 0.00637. The largest absolute Gasteiger partial charge is 0.479 e. The molecule has 0 aliphatic heterocycles. The maximum atomic E-state index is 12.1. The molecule has 6 nitrogen and oxygen atoms in total. The van der Waals surface area contributed by atoms with Crippen LogP contribution in [0.15, 0.2) is 30.3 Å². The predicted octanol–water partition coefficient (Wildman–Crippen LogP) is 1.92. The lowest BCUT2D eigenvalue weighted by Gasteiger charge is -2.27. The van der Waals surface area contributed by atoms with Gasteiger partial charge in [-0.25, -0.2) is 9.59 Å². The lowest BCUT2D eigenvalue weighted by Crippen LogP contribution is -2.60. The summed E-state index contributed by atoms with van der Waals surface area (Å²) in [5, 5.41) is 11.7. The van der Waals surface area contributed by atoms with Crippen molar-refractivity contribution in [3.8, 4) is 0 Å². The molecule has 1 aromatic carbocycles. The van der Waals surface area contributed by atoms with Gasteiger partial charge in [-0.05, 0) is 38.2 Å². The monoisotopic (exact) mass is 321 g/mol. The van der Waals surface area contributed by atoms with E-state index >= 15 is 0 Å². The molecule has 1 aromatic rings. The minimum Gasteiger partial charge on any atom is -0.479 e. The van der Waals surface area contributed by atoms with E-state index in [0.717, 1.165) is 12.0 Å². The second-order valence-electron chi connectivity index (χ2n) is 5.30. The number of carboxylic acids is 1. The summed E-state index contributed by atoms with van der Waals surface area (Å²) in [5.74, 6) is -2.91. The fourth-order valence-corrected chi connectivity index (χ4v) is 2.38. The SMILES string of the molecule is CCOC(=O)C(CCCCc1ccccc1)(NC(C)=O)C(=O)O. The normalized spacial score (nSPS) is 13.0. The number of nitrogens with one attached hydrogen (secondary N) is 1. The number of aryl methyl sites for hydroxylation is 1. The smallest absolute Gasteiger partial charge is 0.343 e. The number of unbranched alkanes of at least 4 members (excludes halogenated alkanes) is 1. The van der Waals surface area contributed by atoms with E-state index in [9.17, 15) is 19.5 Å². The van der Waals surface area contributed by atoms with Crippen molar-refractivity contribution in [2.24, 2.45) is 0 Å². The molecule has 0 radical (unpaired) electrons. The third kappa shape index (κ3) is 5.39. The van der Waals surface area contributed by atoms with Crippen molar-refractivity contribution in [1.82, 2.24) is 5.32 Å². The molecule has 0 saturated carbocycles. The molecule has 0 aliphatic rings. The summed E-state index contributed by atoms with van der Waals surface area (Å²) >= 11 is 0. The molecule has 2 N–H and O–H groups in total. The zero-order valence-corrected chi connectivity index (χ0v) is 13.5. The molecular formula is C17H23NO5. The summed E-state index contributed by atoms with van der Waals surface area (Å²) in [5.41, 5.74) is -0.873. The number of esters is 1. The second-order valence-corrected chi connectivity index (χ2v) is 5.30. The van der Waals surface area contributed by atoms with Crippen molar-refractivity contribution in [1.29, 1.82) is 0 Å². The van der Waals surface area contributed by atoms with Crippen LogP contribution >= 0.6 is 0 Å². The molecule has 1 rings (SSSR count). The first-order valence-corrected chi connectivity index (χ1v) is 7.65. The highest BCUT2D eigenvalue weighted by atomic mass is 16.5. The maximum absolute atomic E-state index is 12.1. The quantitative estimate of drug-likeness (QED) is 0.412. The number of carbonyl (C=O) groups excluding carboxylic acids is 2. The van der Waals surface area contributed by atoms with Gasteiger partial charge in [-0.1, -0.05) is 30.3 Å². The number of hydrogen-bond acceptors (Lipinski definition) is 4. The number of hydrogen-bond donors (Lipinski definition) is 2. The summed E-state index contributed by atoms with van der Waals surface area (Å²) < 4.78 is 4.85. The number of carboxylic acid groups (broad SMARTS) is 1. The first-order chi connectivity index (χ1) is 10.9. The Labute approximate surface area is 135 Å². The number of amides is 1. The van der Waals surface area contributed by atoms with Crippen molar-refractivity contribution < 1.29 is 24.2 Å². The summed E-state index contributed by atoms with van der Waals surface area (Å²) in [7, 11) is 0. The summed E-state index contributed by atoms with van der Waals surface area (Å²) in [6, 6.07) is 9.78. The zero-order valence-electron chi connectivity index (χ0n) is 13.5. The van der Waals surface area contributed by atoms with E-state index in [1.807, 2.05) is 30.3 Å². The fourth-order valence-electron chi connectivity index (χ4n) is 2.38. The molecule has 126 valence electrons. The highest BCUT2D eigenvalue weighted by Crippen LogP contribution is 2.19. The maximum Gasteiger partial charge on any atom is 0.343 e. The van der Waals surface area contributed by atoms with Gasteiger partial charge in [0.1, 0.15) is 0 Å². The third-order valence-corrected chi connectivity index (χ3v) is 3.49.